The van der Waals surface area contributed by atoms with E-state index in [2.05, 4.69) is 46.8 Å². The van der Waals surface area contributed by atoms with Crippen molar-refractivity contribution in [1.82, 2.24) is 0 Å². The van der Waals surface area contributed by atoms with Gasteiger partial charge in [-0.2, -0.15) is 5.26 Å². The highest BCUT2D eigenvalue weighted by Gasteiger charge is 2.39. The normalized spacial score (nSPS) is 21.8. The first-order chi connectivity index (χ1) is 9.79. The van der Waals surface area contributed by atoms with Crippen LogP contribution >= 0.6 is 0 Å². The zero-order valence-electron chi connectivity index (χ0n) is 14.2. The molecule has 0 fully saturated rings. The van der Waals surface area contributed by atoms with Gasteiger partial charge in [0.15, 0.2) is 0 Å². The van der Waals surface area contributed by atoms with Crippen molar-refractivity contribution in [3.63, 3.8) is 0 Å². The summed E-state index contributed by atoms with van der Waals surface area (Å²) in [4.78, 5) is 0. The van der Waals surface area contributed by atoms with E-state index in [-0.39, 0.29) is 5.41 Å². The fourth-order valence-electron chi connectivity index (χ4n) is 3.95. The minimum absolute atomic E-state index is 0.212. The third-order valence-electron chi connectivity index (χ3n) is 4.88. The predicted molar refractivity (Wildman–Crippen MR) is 86.6 cm³/mol. The molecule has 2 rings (SSSR count). The molecule has 0 N–H and O–H groups in total. The number of nitrogens with zero attached hydrogens (tertiary/aromatic N) is 1. The first kappa shape index (κ1) is 15.9. The molecule has 0 saturated carbocycles. The summed E-state index contributed by atoms with van der Waals surface area (Å²) in [7, 11) is 1.65. The Morgan fingerprint density at radius 1 is 1.29 bits per heavy atom. The third-order valence-corrected chi connectivity index (χ3v) is 4.88. The van der Waals surface area contributed by atoms with Crippen molar-refractivity contribution in [3.05, 3.63) is 28.8 Å². The summed E-state index contributed by atoms with van der Waals surface area (Å²) in [5.74, 6) is 2.59. The molecule has 2 atom stereocenters. The lowest BCUT2D eigenvalue weighted by atomic mass is 9.61. The van der Waals surface area contributed by atoms with Gasteiger partial charge >= 0.3 is 0 Å². The predicted octanol–water partition coefficient (Wildman–Crippen LogP) is 4.91. The number of methoxy groups -OCH3 is 1. The molecule has 0 amide bonds. The molecule has 0 saturated heterocycles. The van der Waals surface area contributed by atoms with Gasteiger partial charge < -0.3 is 4.74 Å². The zero-order chi connectivity index (χ0) is 15.8. The standard InChI is InChI=1S/C19H27NO/c1-12(2)15-8-7-13-9-14(11-20)17(21-6)10-16(13)18(15)19(3,4)5/h9-10,12,15,18H,7-8H2,1-6H3. The third kappa shape index (κ3) is 2.93. The summed E-state index contributed by atoms with van der Waals surface area (Å²) in [6.45, 7) is 11.6. The fourth-order valence-corrected chi connectivity index (χ4v) is 3.95. The molecule has 114 valence electrons. The number of benzene rings is 1. The highest BCUT2D eigenvalue weighted by molar-refractivity contribution is 5.51. The van der Waals surface area contributed by atoms with Gasteiger partial charge in [0.1, 0.15) is 11.8 Å². The molecule has 21 heavy (non-hydrogen) atoms. The molecule has 2 heteroatoms. The van der Waals surface area contributed by atoms with Crippen LogP contribution in [0.4, 0.5) is 0 Å². The van der Waals surface area contributed by atoms with Crippen LogP contribution in [0.1, 0.15) is 63.6 Å². The van der Waals surface area contributed by atoms with Gasteiger partial charge in [0.25, 0.3) is 0 Å². The first-order valence-corrected chi connectivity index (χ1v) is 7.90. The van der Waals surface area contributed by atoms with Crippen LogP contribution in [0.5, 0.6) is 5.75 Å². The van der Waals surface area contributed by atoms with E-state index in [1.807, 2.05) is 6.07 Å². The van der Waals surface area contributed by atoms with Crippen molar-refractivity contribution in [2.45, 2.75) is 53.4 Å². The Bertz CT molecular complexity index is 560. The average molecular weight is 285 g/mol. The maximum atomic E-state index is 9.29. The number of fused-ring (bicyclic) bond motifs is 1. The van der Waals surface area contributed by atoms with Crippen LogP contribution < -0.4 is 4.74 Å². The fraction of sp³-hybridized carbons (Fsp3) is 0.632. The molecule has 2 nitrogen and oxygen atoms in total. The van der Waals surface area contributed by atoms with Crippen LogP contribution in [0.15, 0.2) is 12.1 Å². The molecule has 0 aliphatic heterocycles. The Morgan fingerprint density at radius 2 is 1.95 bits per heavy atom. The molecule has 0 aromatic heterocycles. The van der Waals surface area contributed by atoms with Crippen molar-refractivity contribution in [2.24, 2.45) is 17.3 Å². The van der Waals surface area contributed by atoms with Gasteiger partial charge in [-0.15, -0.1) is 0 Å². The molecule has 0 spiro atoms. The van der Waals surface area contributed by atoms with Crippen molar-refractivity contribution in [1.29, 1.82) is 5.26 Å². The Kier molecular flexibility index (Phi) is 4.33. The number of nitriles is 1. The Balaban J connectivity index is 2.60. The lowest BCUT2D eigenvalue weighted by Gasteiger charge is -2.44. The quantitative estimate of drug-likeness (QED) is 0.773. The minimum Gasteiger partial charge on any atom is -0.495 e. The van der Waals surface area contributed by atoms with Crippen LogP contribution in [-0.4, -0.2) is 7.11 Å². The molecule has 1 aromatic rings. The van der Waals surface area contributed by atoms with Crippen LogP contribution in [0.2, 0.25) is 0 Å². The highest BCUT2D eigenvalue weighted by Crippen LogP contribution is 2.50. The lowest BCUT2D eigenvalue weighted by Crippen LogP contribution is -2.33. The van der Waals surface area contributed by atoms with Gasteiger partial charge in [-0.3, -0.25) is 0 Å². The van der Waals surface area contributed by atoms with Crippen LogP contribution in [0, 0.1) is 28.6 Å². The smallest absolute Gasteiger partial charge is 0.136 e. The van der Waals surface area contributed by atoms with E-state index in [1.165, 1.54) is 17.5 Å². The second kappa shape index (κ2) is 5.72. The van der Waals surface area contributed by atoms with Gasteiger partial charge in [0.2, 0.25) is 0 Å². The molecule has 1 aromatic carbocycles. The minimum atomic E-state index is 0.212. The number of rotatable bonds is 2. The number of aryl methyl sites for hydroxylation is 1. The van der Waals surface area contributed by atoms with Gasteiger partial charge in [0.05, 0.1) is 12.7 Å². The second-order valence-corrected chi connectivity index (χ2v) is 7.65. The van der Waals surface area contributed by atoms with Crippen molar-refractivity contribution in [2.75, 3.05) is 7.11 Å². The molecule has 0 bridgehead atoms. The van der Waals surface area contributed by atoms with E-state index < -0.39 is 0 Å². The largest absolute Gasteiger partial charge is 0.495 e. The van der Waals surface area contributed by atoms with E-state index in [0.717, 1.165) is 12.2 Å². The Labute approximate surface area is 129 Å². The number of hydrogen-bond donors (Lipinski definition) is 0. The summed E-state index contributed by atoms with van der Waals surface area (Å²) in [5, 5.41) is 9.29. The highest BCUT2D eigenvalue weighted by atomic mass is 16.5. The van der Waals surface area contributed by atoms with Gasteiger partial charge in [-0.1, -0.05) is 34.6 Å². The monoisotopic (exact) mass is 285 g/mol. The van der Waals surface area contributed by atoms with E-state index in [9.17, 15) is 5.26 Å². The topological polar surface area (TPSA) is 33.0 Å². The van der Waals surface area contributed by atoms with E-state index >= 15 is 0 Å². The van der Waals surface area contributed by atoms with E-state index in [4.69, 9.17) is 4.74 Å². The average Bonchev–Trinajstić information content (AvgIpc) is 2.42. The maximum absolute atomic E-state index is 9.29. The van der Waals surface area contributed by atoms with Crippen molar-refractivity contribution in [3.8, 4) is 11.8 Å². The van der Waals surface area contributed by atoms with Gasteiger partial charge in [-0.05, 0) is 59.3 Å². The van der Waals surface area contributed by atoms with E-state index in [1.54, 1.807) is 7.11 Å². The summed E-state index contributed by atoms with van der Waals surface area (Å²) >= 11 is 0. The molecule has 0 radical (unpaired) electrons. The summed E-state index contributed by atoms with van der Waals surface area (Å²) < 4.78 is 5.44. The Morgan fingerprint density at radius 3 is 2.43 bits per heavy atom. The Hall–Kier alpha value is -1.49. The summed E-state index contributed by atoms with van der Waals surface area (Å²) in [6, 6.07) is 6.43. The molecule has 1 aliphatic carbocycles. The summed E-state index contributed by atoms with van der Waals surface area (Å²) in [5.41, 5.74) is 3.60. The number of hydrogen-bond acceptors (Lipinski definition) is 2. The van der Waals surface area contributed by atoms with Crippen LogP contribution in [0.3, 0.4) is 0 Å². The van der Waals surface area contributed by atoms with Gasteiger partial charge in [-0.25, -0.2) is 0 Å². The van der Waals surface area contributed by atoms with Crippen LogP contribution in [0.25, 0.3) is 0 Å². The first-order valence-electron chi connectivity index (χ1n) is 7.90. The van der Waals surface area contributed by atoms with Crippen LogP contribution in [-0.2, 0) is 6.42 Å². The number of ether oxygens (including phenoxy) is 1. The lowest BCUT2D eigenvalue weighted by molar-refractivity contribution is 0.169. The second-order valence-electron chi connectivity index (χ2n) is 7.65. The van der Waals surface area contributed by atoms with Gasteiger partial charge in [0, 0.05) is 0 Å². The molecular formula is C19H27NO. The molecular weight excluding hydrogens is 258 g/mol. The summed E-state index contributed by atoms with van der Waals surface area (Å²) in [6.07, 6.45) is 2.28. The van der Waals surface area contributed by atoms with Crippen molar-refractivity contribution < 1.29 is 4.74 Å². The zero-order valence-corrected chi connectivity index (χ0v) is 14.2. The van der Waals surface area contributed by atoms with Crippen molar-refractivity contribution >= 4 is 0 Å². The molecule has 2 unspecified atom stereocenters. The maximum Gasteiger partial charge on any atom is 0.136 e. The van der Waals surface area contributed by atoms with E-state index in [0.29, 0.717) is 23.3 Å². The molecule has 1 aliphatic rings. The SMILES string of the molecule is COc1cc2c(cc1C#N)CCC(C(C)C)C2C(C)(C)C. The molecule has 0 heterocycles.